The smallest absolute Gasteiger partial charge is 0.186 e. The maximum absolute atomic E-state index is 12.3. The van der Waals surface area contributed by atoms with Gasteiger partial charge in [-0.3, -0.25) is 4.79 Å². The number of phenols is 1. The van der Waals surface area contributed by atoms with Crippen molar-refractivity contribution in [2.45, 2.75) is 0 Å². The van der Waals surface area contributed by atoms with Crippen molar-refractivity contribution in [1.82, 2.24) is 0 Å². The summed E-state index contributed by atoms with van der Waals surface area (Å²) in [4.78, 5) is 12.3. The first-order valence-corrected chi connectivity index (χ1v) is 8.68. The Bertz CT molecular complexity index is 1080. The molecule has 1 aliphatic rings. The van der Waals surface area contributed by atoms with Crippen LogP contribution in [0.3, 0.4) is 0 Å². The van der Waals surface area contributed by atoms with Crippen molar-refractivity contribution in [2.24, 2.45) is 0 Å². The van der Waals surface area contributed by atoms with Gasteiger partial charge in [0.15, 0.2) is 17.3 Å². The van der Waals surface area contributed by atoms with Gasteiger partial charge in [-0.05, 0) is 52.1 Å². The van der Waals surface area contributed by atoms with Crippen LogP contribution in [-0.2, 0) is 0 Å². The van der Waals surface area contributed by atoms with Crippen LogP contribution < -0.4 is 4.74 Å². The number of ether oxygens (including phenoxy) is 1. The summed E-state index contributed by atoms with van der Waals surface area (Å²) in [5, 5.41) is 9.99. The average molecular weight is 354 g/mol. The number of carbonyl (C=O) groups excluding carboxylic acids is 1. The number of methoxy groups -OCH3 is 1. The van der Waals surface area contributed by atoms with Gasteiger partial charge >= 0.3 is 0 Å². The number of fused-ring (bicyclic) bond motifs is 1. The molecule has 1 aliphatic carbocycles. The van der Waals surface area contributed by atoms with Crippen LogP contribution in [0.4, 0.5) is 0 Å². The van der Waals surface area contributed by atoms with Crippen molar-refractivity contribution in [3.05, 3.63) is 107 Å². The van der Waals surface area contributed by atoms with Gasteiger partial charge in [-0.1, -0.05) is 60.7 Å². The molecule has 3 aromatic rings. The minimum absolute atomic E-state index is 0.00467. The normalized spacial score (nSPS) is 14.6. The van der Waals surface area contributed by atoms with Gasteiger partial charge < -0.3 is 9.84 Å². The van der Waals surface area contributed by atoms with Crippen molar-refractivity contribution in [1.29, 1.82) is 0 Å². The van der Waals surface area contributed by atoms with Crippen LogP contribution in [-0.4, -0.2) is 18.0 Å². The predicted molar refractivity (Wildman–Crippen MR) is 107 cm³/mol. The average Bonchev–Trinajstić information content (AvgIpc) is 2.72. The van der Waals surface area contributed by atoms with Crippen LogP contribution in [0, 0.1) is 0 Å². The second kappa shape index (κ2) is 6.96. The number of ketones is 1. The summed E-state index contributed by atoms with van der Waals surface area (Å²) < 4.78 is 5.30. The third kappa shape index (κ3) is 3.04. The van der Waals surface area contributed by atoms with Crippen molar-refractivity contribution in [3.63, 3.8) is 0 Å². The fourth-order valence-electron chi connectivity index (χ4n) is 3.41. The molecule has 0 heterocycles. The molecular weight excluding hydrogens is 336 g/mol. The van der Waals surface area contributed by atoms with Crippen molar-refractivity contribution >= 4 is 16.9 Å². The molecule has 1 N–H and O–H groups in total. The number of aromatic hydroxyl groups is 1. The molecule has 3 heteroatoms. The fourth-order valence-corrected chi connectivity index (χ4v) is 3.41. The highest BCUT2D eigenvalue weighted by Crippen LogP contribution is 2.39. The summed E-state index contributed by atoms with van der Waals surface area (Å²) >= 11 is 0. The maximum atomic E-state index is 12.3. The second-order valence-electron chi connectivity index (χ2n) is 6.28. The van der Waals surface area contributed by atoms with Crippen LogP contribution >= 0.6 is 0 Å². The quantitative estimate of drug-likeness (QED) is 0.711. The van der Waals surface area contributed by atoms with E-state index in [0.29, 0.717) is 11.3 Å². The van der Waals surface area contributed by atoms with Crippen LogP contribution in [0.5, 0.6) is 11.5 Å². The first kappa shape index (κ1) is 16.9. The van der Waals surface area contributed by atoms with E-state index in [1.807, 2.05) is 72.8 Å². The number of benzene rings is 3. The number of phenolic OH excluding ortho intramolecular Hbond substituents is 1. The summed E-state index contributed by atoms with van der Waals surface area (Å²) in [6, 6.07) is 22.9. The van der Waals surface area contributed by atoms with E-state index >= 15 is 0 Å². The van der Waals surface area contributed by atoms with Gasteiger partial charge in [0.25, 0.3) is 0 Å². The Morgan fingerprint density at radius 2 is 1.52 bits per heavy atom. The van der Waals surface area contributed by atoms with Gasteiger partial charge in [0.2, 0.25) is 0 Å². The first-order chi connectivity index (χ1) is 13.2. The van der Waals surface area contributed by atoms with Crippen LogP contribution in [0.25, 0.3) is 11.1 Å². The molecule has 0 aliphatic heterocycles. The lowest BCUT2D eigenvalue weighted by atomic mass is 9.84. The molecule has 3 aromatic carbocycles. The zero-order valence-corrected chi connectivity index (χ0v) is 14.8. The van der Waals surface area contributed by atoms with Gasteiger partial charge in [0, 0.05) is 5.56 Å². The topological polar surface area (TPSA) is 46.5 Å². The third-order valence-electron chi connectivity index (χ3n) is 4.68. The molecule has 27 heavy (non-hydrogen) atoms. The minimum Gasteiger partial charge on any atom is -0.504 e. The standard InChI is InChI=1S/C24H18O3/c1-27-23-15-17(11-13-22(23)26)24(16-7-3-2-4-8-16)20-12-14-21(25)19-10-6-5-9-18(19)20/h2-15,26H,1H3/b24-20-. The highest BCUT2D eigenvalue weighted by atomic mass is 16.5. The summed E-state index contributed by atoms with van der Waals surface area (Å²) in [5.74, 6) is 0.504. The van der Waals surface area contributed by atoms with Gasteiger partial charge in [-0.25, -0.2) is 0 Å². The summed E-state index contributed by atoms with van der Waals surface area (Å²) in [7, 11) is 1.53. The molecule has 0 spiro atoms. The molecule has 132 valence electrons. The Kier molecular flexibility index (Phi) is 4.35. The van der Waals surface area contributed by atoms with Crippen LogP contribution in [0.15, 0.2) is 84.9 Å². The van der Waals surface area contributed by atoms with Crippen LogP contribution in [0.2, 0.25) is 0 Å². The molecule has 0 saturated carbocycles. The minimum atomic E-state index is 0.00467. The molecule has 0 saturated heterocycles. The van der Waals surface area contributed by atoms with Crippen molar-refractivity contribution < 1.29 is 14.6 Å². The van der Waals surface area contributed by atoms with Crippen molar-refractivity contribution in [2.75, 3.05) is 7.11 Å². The van der Waals surface area contributed by atoms with E-state index in [1.54, 1.807) is 12.1 Å². The SMILES string of the molecule is COc1cc(/C(=C2/C=CC(=O)c3ccccc32)c2ccccc2)ccc1O. The lowest BCUT2D eigenvalue weighted by Crippen LogP contribution is -2.06. The fraction of sp³-hybridized carbons (Fsp3) is 0.0417. The second-order valence-corrected chi connectivity index (χ2v) is 6.28. The van der Waals surface area contributed by atoms with E-state index in [9.17, 15) is 9.90 Å². The molecule has 0 bridgehead atoms. The number of hydrogen-bond donors (Lipinski definition) is 1. The molecule has 0 atom stereocenters. The Hall–Kier alpha value is -3.59. The summed E-state index contributed by atoms with van der Waals surface area (Å²) in [6.45, 7) is 0. The number of hydrogen-bond acceptors (Lipinski definition) is 3. The van der Waals surface area contributed by atoms with Gasteiger partial charge in [0.1, 0.15) is 0 Å². The van der Waals surface area contributed by atoms with E-state index in [1.165, 1.54) is 7.11 Å². The Balaban J connectivity index is 2.05. The molecule has 0 fully saturated rings. The largest absolute Gasteiger partial charge is 0.504 e. The van der Waals surface area contributed by atoms with Gasteiger partial charge in [-0.15, -0.1) is 0 Å². The summed E-state index contributed by atoms with van der Waals surface area (Å²) in [5.41, 5.74) is 5.45. The highest BCUT2D eigenvalue weighted by molar-refractivity contribution is 6.16. The molecule has 0 radical (unpaired) electrons. The van der Waals surface area contributed by atoms with Crippen molar-refractivity contribution in [3.8, 4) is 11.5 Å². The molecular formula is C24H18O3. The Labute approximate surface area is 157 Å². The van der Waals surface area contributed by atoms with Gasteiger partial charge in [0.05, 0.1) is 7.11 Å². The molecule has 0 amide bonds. The Morgan fingerprint density at radius 1 is 0.815 bits per heavy atom. The molecule has 3 nitrogen and oxygen atoms in total. The highest BCUT2D eigenvalue weighted by Gasteiger charge is 2.21. The van der Waals surface area contributed by atoms with E-state index in [2.05, 4.69) is 0 Å². The molecule has 0 unspecified atom stereocenters. The van der Waals surface area contributed by atoms with Gasteiger partial charge in [-0.2, -0.15) is 0 Å². The number of carbonyl (C=O) groups is 1. The number of rotatable bonds is 3. The zero-order valence-electron chi connectivity index (χ0n) is 14.8. The zero-order chi connectivity index (χ0) is 18.8. The van der Waals surface area contributed by atoms with E-state index in [-0.39, 0.29) is 11.5 Å². The third-order valence-corrected chi connectivity index (χ3v) is 4.68. The first-order valence-electron chi connectivity index (χ1n) is 8.68. The van der Waals surface area contributed by atoms with Crippen LogP contribution in [0.1, 0.15) is 27.0 Å². The number of allylic oxidation sites excluding steroid dienone is 3. The lowest BCUT2D eigenvalue weighted by Gasteiger charge is -2.19. The van der Waals surface area contributed by atoms with E-state index in [0.717, 1.165) is 27.8 Å². The monoisotopic (exact) mass is 354 g/mol. The lowest BCUT2D eigenvalue weighted by molar-refractivity contribution is 0.104. The van der Waals surface area contributed by atoms with E-state index in [4.69, 9.17) is 4.74 Å². The molecule has 4 rings (SSSR count). The maximum Gasteiger partial charge on any atom is 0.186 e. The summed E-state index contributed by atoms with van der Waals surface area (Å²) in [6.07, 6.45) is 3.48. The van der Waals surface area contributed by atoms with E-state index < -0.39 is 0 Å². The Morgan fingerprint density at radius 3 is 2.26 bits per heavy atom. The predicted octanol–water partition coefficient (Wildman–Crippen LogP) is 5.11. The molecule has 0 aromatic heterocycles.